The smallest absolute Gasteiger partial charge is 0.252 e. The van der Waals surface area contributed by atoms with E-state index >= 15 is 0 Å². The van der Waals surface area contributed by atoms with E-state index in [0.717, 1.165) is 48.1 Å². The van der Waals surface area contributed by atoms with E-state index in [9.17, 15) is 27.6 Å². The van der Waals surface area contributed by atoms with Crippen LogP contribution < -0.4 is 15.8 Å². The lowest BCUT2D eigenvalue weighted by molar-refractivity contribution is -0.134. The summed E-state index contributed by atoms with van der Waals surface area (Å²) in [5.74, 6) is -4.64. The molecule has 2 atom stereocenters. The van der Waals surface area contributed by atoms with Crippen LogP contribution in [0.1, 0.15) is 61.6 Å². The summed E-state index contributed by atoms with van der Waals surface area (Å²) in [7, 11) is 0. The average molecular weight is 689 g/mol. The minimum absolute atomic E-state index is 0.00422. The number of piperazine rings is 1. The van der Waals surface area contributed by atoms with Gasteiger partial charge in [-0.25, -0.2) is 8.78 Å². The molecule has 8 nitrogen and oxygen atoms in total. The van der Waals surface area contributed by atoms with Crippen LogP contribution in [0.3, 0.4) is 0 Å². The molecule has 1 aliphatic carbocycles. The lowest BCUT2D eigenvalue weighted by Gasteiger charge is -2.45. The summed E-state index contributed by atoms with van der Waals surface area (Å²) >= 11 is 0. The number of ether oxygens (including phenoxy) is 1. The highest BCUT2D eigenvalue weighted by atomic mass is 19.2. The minimum Gasteiger partial charge on any atom is -0.488 e. The Morgan fingerprint density at radius 3 is 2.30 bits per heavy atom. The number of primary amides is 1. The number of halogens is 3. The number of nitrogens with one attached hydrogen (secondary N) is 1. The van der Waals surface area contributed by atoms with E-state index in [0.29, 0.717) is 50.9 Å². The number of amides is 3. The first-order chi connectivity index (χ1) is 24.2. The van der Waals surface area contributed by atoms with Crippen molar-refractivity contribution in [2.24, 2.45) is 5.73 Å². The standard InChI is InChI=1S/C39H43F3N4O4/c40-31-17-18-32(41)38(37(31)42)50-21-5-8-26-11-13-27(14-12-26)30-22-28-23-45(35(48)10-4-9-34(43)47)24-33(44-28)36(30)39(49)46(29-15-16-29)20-19-25-6-2-1-3-7-25/h1-3,6-7,11-14,17-18,28-29,33,44H,4-5,8-10,15-16,19-24H2,(H2,43,47)/t28-,33-/m1/s1. The highest BCUT2D eigenvalue weighted by molar-refractivity contribution is 6.03. The number of carbonyl (C=O) groups is 3. The van der Waals surface area contributed by atoms with Gasteiger partial charge in [0.2, 0.25) is 17.6 Å². The molecule has 2 aliphatic heterocycles. The van der Waals surface area contributed by atoms with E-state index in [-0.39, 0.29) is 49.4 Å². The Morgan fingerprint density at radius 1 is 0.860 bits per heavy atom. The number of rotatable bonds is 15. The van der Waals surface area contributed by atoms with Gasteiger partial charge in [0.25, 0.3) is 5.91 Å². The molecule has 1 saturated carbocycles. The van der Waals surface area contributed by atoms with Crippen LogP contribution in [0.15, 0.2) is 72.3 Å². The number of hydrogen-bond donors (Lipinski definition) is 2. The van der Waals surface area contributed by atoms with Gasteiger partial charge in [-0.05, 0) is 79.3 Å². The van der Waals surface area contributed by atoms with Crippen LogP contribution in [0, 0.1) is 17.5 Å². The molecule has 2 bridgehead atoms. The second-order valence-electron chi connectivity index (χ2n) is 13.4. The van der Waals surface area contributed by atoms with Crippen molar-refractivity contribution in [1.29, 1.82) is 0 Å². The summed E-state index contributed by atoms with van der Waals surface area (Å²) < 4.78 is 46.6. The topological polar surface area (TPSA) is 105 Å². The maximum atomic E-state index is 14.6. The third-order valence-electron chi connectivity index (χ3n) is 9.69. The van der Waals surface area contributed by atoms with Gasteiger partial charge in [0.15, 0.2) is 17.4 Å². The van der Waals surface area contributed by atoms with Crippen molar-refractivity contribution >= 4 is 23.3 Å². The molecule has 264 valence electrons. The Kier molecular flexibility index (Phi) is 11.2. The first-order valence-corrected chi connectivity index (χ1v) is 17.4. The Balaban J connectivity index is 1.20. The van der Waals surface area contributed by atoms with Crippen molar-refractivity contribution in [3.63, 3.8) is 0 Å². The molecule has 1 saturated heterocycles. The maximum absolute atomic E-state index is 14.6. The molecule has 0 radical (unpaired) electrons. The predicted octanol–water partition coefficient (Wildman–Crippen LogP) is 5.33. The van der Waals surface area contributed by atoms with E-state index in [1.165, 1.54) is 5.56 Å². The Labute approximate surface area is 290 Å². The maximum Gasteiger partial charge on any atom is 0.252 e. The van der Waals surface area contributed by atoms with Crippen molar-refractivity contribution in [2.45, 2.75) is 75.9 Å². The zero-order valence-electron chi connectivity index (χ0n) is 28.0. The van der Waals surface area contributed by atoms with Crippen LogP contribution in [0.5, 0.6) is 5.75 Å². The van der Waals surface area contributed by atoms with Gasteiger partial charge in [0.05, 0.1) is 12.6 Å². The van der Waals surface area contributed by atoms with Gasteiger partial charge in [0, 0.05) is 50.1 Å². The second-order valence-corrected chi connectivity index (χ2v) is 13.4. The number of benzene rings is 3. The Morgan fingerprint density at radius 2 is 1.58 bits per heavy atom. The number of carbonyl (C=O) groups excluding carboxylic acids is 3. The van der Waals surface area contributed by atoms with Crippen LogP contribution in [-0.2, 0) is 27.2 Å². The summed E-state index contributed by atoms with van der Waals surface area (Å²) in [6.45, 7) is 1.47. The summed E-state index contributed by atoms with van der Waals surface area (Å²) in [6.07, 6.45) is 5.04. The van der Waals surface area contributed by atoms with Crippen molar-refractivity contribution < 1.29 is 32.3 Å². The van der Waals surface area contributed by atoms with Gasteiger partial charge >= 0.3 is 0 Å². The lowest BCUT2D eigenvalue weighted by atomic mass is 9.82. The molecule has 11 heteroatoms. The Bertz CT molecular complexity index is 1730. The first-order valence-electron chi connectivity index (χ1n) is 17.4. The van der Waals surface area contributed by atoms with Crippen molar-refractivity contribution in [3.05, 3.63) is 106 Å². The molecule has 50 heavy (non-hydrogen) atoms. The lowest BCUT2D eigenvalue weighted by Crippen LogP contribution is -2.62. The van der Waals surface area contributed by atoms with Crippen LogP contribution in [0.25, 0.3) is 5.57 Å². The monoisotopic (exact) mass is 688 g/mol. The van der Waals surface area contributed by atoms with Crippen LogP contribution >= 0.6 is 0 Å². The highest BCUT2D eigenvalue weighted by Crippen LogP contribution is 2.37. The molecule has 3 aromatic rings. The van der Waals surface area contributed by atoms with Crippen LogP contribution in [0.4, 0.5) is 13.2 Å². The summed E-state index contributed by atoms with van der Waals surface area (Å²) in [5, 5.41) is 3.64. The molecule has 3 aromatic carbocycles. The Hall–Kier alpha value is -4.64. The molecule has 2 heterocycles. The number of nitrogens with zero attached hydrogens (tertiary/aromatic N) is 2. The van der Waals surface area contributed by atoms with Gasteiger partial charge in [-0.2, -0.15) is 4.39 Å². The number of aryl methyl sites for hydroxylation is 1. The predicted molar refractivity (Wildman–Crippen MR) is 183 cm³/mol. The molecular formula is C39H43F3N4O4. The third kappa shape index (κ3) is 8.56. The fourth-order valence-corrected chi connectivity index (χ4v) is 6.99. The van der Waals surface area contributed by atoms with Crippen LogP contribution in [-0.4, -0.2) is 71.9 Å². The van der Waals surface area contributed by atoms with Gasteiger partial charge in [-0.3, -0.25) is 14.4 Å². The minimum atomic E-state index is -1.34. The van der Waals surface area contributed by atoms with Gasteiger partial charge in [0.1, 0.15) is 0 Å². The molecule has 0 unspecified atom stereocenters. The van der Waals surface area contributed by atoms with E-state index in [2.05, 4.69) is 17.4 Å². The fraction of sp³-hybridized carbons (Fsp3) is 0.410. The zero-order chi connectivity index (χ0) is 35.2. The molecule has 3 amide bonds. The number of hydrogen-bond acceptors (Lipinski definition) is 5. The molecule has 6 rings (SSSR count). The summed E-state index contributed by atoms with van der Waals surface area (Å²) in [4.78, 5) is 42.9. The largest absolute Gasteiger partial charge is 0.488 e. The summed E-state index contributed by atoms with van der Waals surface area (Å²) in [5.41, 5.74) is 10.0. The number of fused-ring (bicyclic) bond motifs is 2. The normalized spacial score (nSPS) is 18.6. The number of nitrogens with two attached hydrogens (primary N) is 1. The average Bonchev–Trinajstić information content (AvgIpc) is 3.95. The molecule has 3 aliphatic rings. The molecule has 2 fully saturated rings. The van der Waals surface area contributed by atoms with E-state index in [4.69, 9.17) is 10.5 Å². The van der Waals surface area contributed by atoms with Crippen molar-refractivity contribution in [2.75, 3.05) is 26.2 Å². The quantitative estimate of drug-likeness (QED) is 0.166. The first kappa shape index (κ1) is 35.2. The summed E-state index contributed by atoms with van der Waals surface area (Å²) in [6, 6.07) is 19.5. The highest BCUT2D eigenvalue weighted by Gasteiger charge is 2.43. The van der Waals surface area contributed by atoms with Crippen molar-refractivity contribution in [1.82, 2.24) is 15.1 Å². The SMILES string of the molecule is NC(=O)CCCC(=O)N1C[C@H]2CC(c3ccc(CCCOc4c(F)ccc(F)c4F)cc3)=C(C(=O)N(CCc3ccccc3)C3CC3)[C@@H](C1)N2. The third-order valence-corrected chi connectivity index (χ3v) is 9.69. The second kappa shape index (κ2) is 15.9. The van der Waals surface area contributed by atoms with E-state index in [1.807, 2.05) is 52.3 Å². The molecular weight excluding hydrogens is 645 g/mol. The molecule has 0 spiro atoms. The van der Waals surface area contributed by atoms with E-state index in [1.54, 1.807) is 0 Å². The van der Waals surface area contributed by atoms with Gasteiger partial charge in [-0.1, -0.05) is 54.6 Å². The molecule has 3 N–H and O–H groups in total. The zero-order valence-corrected chi connectivity index (χ0v) is 28.0. The van der Waals surface area contributed by atoms with E-state index < -0.39 is 29.1 Å². The van der Waals surface area contributed by atoms with Gasteiger partial charge < -0.3 is 25.6 Å². The molecule has 0 aromatic heterocycles. The van der Waals surface area contributed by atoms with Gasteiger partial charge in [-0.15, -0.1) is 0 Å². The van der Waals surface area contributed by atoms with Crippen LogP contribution in [0.2, 0.25) is 0 Å². The fourth-order valence-electron chi connectivity index (χ4n) is 6.99. The van der Waals surface area contributed by atoms with Crippen molar-refractivity contribution in [3.8, 4) is 5.75 Å².